The summed E-state index contributed by atoms with van der Waals surface area (Å²) in [6, 6.07) is 4.89. The van der Waals surface area contributed by atoms with E-state index in [0.717, 1.165) is 6.42 Å². The Morgan fingerprint density at radius 2 is 1.76 bits per heavy atom. The average molecular weight is 294 g/mol. The van der Waals surface area contributed by atoms with Crippen molar-refractivity contribution in [2.45, 2.75) is 20.3 Å². The maximum atomic E-state index is 11.7. The minimum atomic E-state index is -0.703. The Balaban J connectivity index is 2.60. The van der Waals surface area contributed by atoms with Crippen LogP contribution in [-0.2, 0) is 9.59 Å². The van der Waals surface area contributed by atoms with Crippen molar-refractivity contribution in [2.75, 3.05) is 26.1 Å². The fourth-order valence-corrected chi connectivity index (χ4v) is 1.66. The van der Waals surface area contributed by atoms with Gasteiger partial charge in [-0.2, -0.15) is 0 Å². The Labute approximate surface area is 124 Å². The van der Waals surface area contributed by atoms with Gasteiger partial charge in [0.1, 0.15) is 0 Å². The van der Waals surface area contributed by atoms with Crippen molar-refractivity contribution in [3.05, 3.63) is 18.2 Å². The summed E-state index contributed by atoms with van der Waals surface area (Å²) in [5, 5.41) is 5.10. The van der Waals surface area contributed by atoms with Crippen LogP contribution in [0, 0.1) is 5.92 Å². The summed E-state index contributed by atoms with van der Waals surface area (Å²) < 4.78 is 10.2. The van der Waals surface area contributed by atoms with Gasteiger partial charge in [0.25, 0.3) is 0 Å². The fraction of sp³-hybridized carbons (Fsp3) is 0.467. The van der Waals surface area contributed by atoms with E-state index in [9.17, 15) is 9.59 Å². The van der Waals surface area contributed by atoms with Crippen LogP contribution in [0.15, 0.2) is 18.2 Å². The second kappa shape index (κ2) is 8.14. The number of benzene rings is 1. The molecule has 0 aliphatic rings. The lowest BCUT2D eigenvalue weighted by Crippen LogP contribution is -2.36. The molecule has 0 spiro atoms. The third kappa shape index (κ3) is 5.33. The number of methoxy groups -OCH3 is 2. The van der Waals surface area contributed by atoms with Gasteiger partial charge in [-0.3, -0.25) is 9.59 Å². The molecule has 116 valence electrons. The highest BCUT2D eigenvalue weighted by Gasteiger charge is 2.14. The van der Waals surface area contributed by atoms with Crippen LogP contribution < -0.4 is 20.1 Å². The van der Waals surface area contributed by atoms with Crippen molar-refractivity contribution in [1.29, 1.82) is 0 Å². The molecule has 0 saturated carbocycles. The van der Waals surface area contributed by atoms with Gasteiger partial charge in [-0.25, -0.2) is 0 Å². The molecule has 0 saturated heterocycles. The Morgan fingerprint density at radius 1 is 1.10 bits per heavy atom. The molecule has 0 aliphatic heterocycles. The van der Waals surface area contributed by atoms with Crippen LogP contribution in [0.3, 0.4) is 0 Å². The van der Waals surface area contributed by atoms with Gasteiger partial charge in [-0.05, 0) is 24.5 Å². The monoisotopic (exact) mass is 294 g/mol. The highest BCUT2D eigenvalue weighted by molar-refractivity contribution is 6.39. The molecule has 2 N–H and O–H groups in total. The average Bonchev–Trinajstić information content (AvgIpc) is 2.46. The molecule has 0 fully saturated rings. The summed E-state index contributed by atoms with van der Waals surface area (Å²) >= 11 is 0. The third-order valence-corrected chi connectivity index (χ3v) is 2.85. The van der Waals surface area contributed by atoms with E-state index in [1.54, 1.807) is 18.2 Å². The minimum Gasteiger partial charge on any atom is -0.493 e. The van der Waals surface area contributed by atoms with E-state index >= 15 is 0 Å². The van der Waals surface area contributed by atoms with Crippen LogP contribution in [-0.4, -0.2) is 32.6 Å². The first kappa shape index (κ1) is 16.8. The maximum Gasteiger partial charge on any atom is 0.313 e. The first-order chi connectivity index (χ1) is 9.97. The first-order valence-corrected chi connectivity index (χ1v) is 6.79. The van der Waals surface area contributed by atoms with E-state index in [1.807, 2.05) is 0 Å². The number of nitrogens with one attached hydrogen (secondary N) is 2. The second-order valence-electron chi connectivity index (χ2n) is 4.96. The van der Waals surface area contributed by atoms with Gasteiger partial charge in [0.15, 0.2) is 11.5 Å². The number of carbonyl (C=O) groups excluding carboxylic acids is 2. The Morgan fingerprint density at radius 3 is 2.33 bits per heavy atom. The standard InChI is InChI=1S/C15H22N2O4/c1-10(2)7-8-16-14(18)15(19)17-11-5-6-12(20-3)13(9-11)21-4/h5-6,9-10H,7-8H2,1-4H3,(H,16,18)(H,17,19). The molecular weight excluding hydrogens is 272 g/mol. The van der Waals surface area contributed by atoms with Gasteiger partial charge >= 0.3 is 11.8 Å². The van der Waals surface area contributed by atoms with Gasteiger partial charge in [0.2, 0.25) is 0 Å². The number of anilines is 1. The molecule has 0 aromatic heterocycles. The van der Waals surface area contributed by atoms with E-state index in [4.69, 9.17) is 9.47 Å². The molecule has 1 rings (SSSR count). The molecule has 6 heteroatoms. The van der Waals surface area contributed by atoms with Gasteiger partial charge in [0, 0.05) is 18.3 Å². The lowest BCUT2D eigenvalue weighted by molar-refractivity contribution is -0.136. The van der Waals surface area contributed by atoms with Gasteiger partial charge in [-0.1, -0.05) is 13.8 Å². The second-order valence-corrected chi connectivity index (χ2v) is 4.96. The highest BCUT2D eigenvalue weighted by atomic mass is 16.5. The number of amides is 2. The van der Waals surface area contributed by atoms with Crippen molar-refractivity contribution in [3.63, 3.8) is 0 Å². The molecule has 0 unspecified atom stereocenters. The van der Waals surface area contributed by atoms with Crippen molar-refractivity contribution in [2.24, 2.45) is 5.92 Å². The zero-order valence-corrected chi connectivity index (χ0v) is 12.9. The molecule has 1 aromatic rings. The van der Waals surface area contributed by atoms with E-state index in [0.29, 0.717) is 29.6 Å². The summed E-state index contributed by atoms with van der Waals surface area (Å²) in [5.74, 6) is 0.156. The lowest BCUT2D eigenvalue weighted by Gasteiger charge is -2.11. The molecule has 0 bridgehead atoms. The predicted molar refractivity (Wildman–Crippen MR) is 80.6 cm³/mol. The summed E-state index contributed by atoms with van der Waals surface area (Å²) in [7, 11) is 3.03. The van der Waals surface area contributed by atoms with Crippen molar-refractivity contribution < 1.29 is 19.1 Å². The molecule has 0 aliphatic carbocycles. The number of hydrogen-bond donors (Lipinski definition) is 2. The molecule has 6 nitrogen and oxygen atoms in total. The number of hydrogen-bond acceptors (Lipinski definition) is 4. The molecular formula is C15H22N2O4. The van der Waals surface area contributed by atoms with Crippen LogP contribution in [0.2, 0.25) is 0 Å². The first-order valence-electron chi connectivity index (χ1n) is 6.79. The smallest absolute Gasteiger partial charge is 0.313 e. The van der Waals surface area contributed by atoms with E-state index in [-0.39, 0.29) is 0 Å². The lowest BCUT2D eigenvalue weighted by atomic mass is 10.1. The topological polar surface area (TPSA) is 76.7 Å². The summed E-state index contributed by atoms with van der Waals surface area (Å²) in [6.07, 6.45) is 0.829. The van der Waals surface area contributed by atoms with Gasteiger partial charge in [0.05, 0.1) is 14.2 Å². The normalized spacial score (nSPS) is 10.1. The van der Waals surface area contributed by atoms with Crippen LogP contribution >= 0.6 is 0 Å². The minimum absolute atomic E-state index is 0.469. The molecule has 0 atom stereocenters. The number of ether oxygens (including phenoxy) is 2. The number of carbonyl (C=O) groups is 2. The fourth-order valence-electron chi connectivity index (χ4n) is 1.66. The molecule has 2 amide bonds. The number of rotatable bonds is 6. The largest absolute Gasteiger partial charge is 0.493 e. The Bertz CT molecular complexity index is 500. The summed E-state index contributed by atoms with van der Waals surface area (Å²) in [5.41, 5.74) is 0.469. The summed E-state index contributed by atoms with van der Waals surface area (Å²) in [4.78, 5) is 23.4. The Hall–Kier alpha value is -2.24. The summed E-state index contributed by atoms with van der Waals surface area (Å²) in [6.45, 7) is 4.58. The van der Waals surface area contributed by atoms with Crippen LogP contribution in [0.5, 0.6) is 11.5 Å². The van der Waals surface area contributed by atoms with E-state index in [2.05, 4.69) is 24.5 Å². The highest BCUT2D eigenvalue weighted by Crippen LogP contribution is 2.29. The zero-order valence-electron chi connectivity index (χ0n) is 12.9. The van der Waals surface area contributed by atoms with E-state index in [1.165, 1.54) is 14.2 Å². The van der Waals surface area contributed by atoms with Crippen LogP contribution in [0.1, 0.15) is 20.3 Å². The van der Waals surface area contributed by atoms with Gasteiger partial charge in [-0.15, -0.1) is 0 Å². The molecule has 1 aromatic carbocycles. The quantitative estimate of drug-likeness (QED) is 0.784. The molecule has 0 radical (unpaired) electrons. The third-order valence-electron chi connectivity index (χ3n) is 2.85. The SMILES string of the molecule is COc1ccc(NC(=O)C(=O)NCCC(C)C)cc1OC. The molecule has 21 heavy (non-hydrogen) atoms. The zero-order chi connectivity index (χ0) is 15.8. The van der Waals surface area contributed by atoms with Crippen LogP contribution in [0.25, 0.3) is 0 Å². The van der Waals surface area contributed by atoms with Gasteiger partial charge < -0.3 is 20.1 Å². The predicted octanol–water partition coefficient (Wildman–Crippen LogP) is 1.80. The van der Waals surface area contributed by atoms with E-state index < -0.39 is 11.8 Å². The van der Waals surface area contributed by atoms with Crippen molar-refractivity contribution >= 4 is 17.5 Å². The Kier molecular flexibility index (Phi) is 6.52. The maximum absolute atomic E-state index is 11.7. The van der Waals surface area contributed by atoms with Crippen LogP contribution in [0.4, 0.5) is 5.69 Å². The van der Waals surface area contributed by atoms with Crippen molar-refractivity contribution in [1.82, 2.24) is 5.32 Å². The van der Waals surface area contributed by atoms with Crippen molar-refractivity contribution in [3.8, 4) is 11.5 Å². The molecule has 0 heterocycles.